The molecule has 2 rings (SSSR count). The first-order valence-electron chi connectivity index (χ1n) is 9.16. The number of hydrogen-bond acceptors (Lipinski definition) is 5. The predicted molar refractivity (Wildman–Crippen MR) is 111 cm³/mol. The minimum Gasteiger partial charge on any atom is -0.409 e. The van der Waals surface area contributed by atoms with Gasteiger partial charge in [-0.15, -0.1) is 0 Å². The first-order valence-corrected chi connectivity index (χ1v) is 11.0. The summed E-state index contributed by atoms with van der Waals surface area (Å²) < 4.78 is 80.0. The molecule has 0 bridgehead atoms. The minimum absolute atomic E-state index is 0.0330. The second kappa shape index (κ2) is 10.4. The second-order valence-corrected chi connectivity index (χ2v) is 9.19. The molecule has 0 aliphatic heterocycles. The molecular weight excluding hydrogens is 492 g/mol. The molecule has 0 aliphatic rings. The highest BCUT2D eigenvalue weighted by molar-refractivity contribution is 7.89. The Hall–Kier alpha value is -2.90. The number of benzene rings is 2. The zero-order chi connectivity index (χ0) is 25.0. The highest BCUT2D eigenvalue weighted by Crippen LogP contribution is 2.29. The van der Waals surface area contributed by atoms with Gasteiger partial charge in [0.1, 0.15) is 11.9 Å². The van der Waals surface area contributed by atoms with Gasteiger partial charge in [-0.05, 0) is 36.8 Å². The zero-order valence-electron chi connectivity index (χ0n) is 16.8. The molecule has 8 nitrogen and oxygen atoms in total. The van der Waals surface area contributed by atoms with Gasteiger partial charge in [-0.3, -0.25) is 4.79 Å². The minimum atomic E-state index is -4.70. The Morgan fingerprint density at radius 2 is 1.76 bits per heavy atom. The molecule has 0 heterocycles. The summed E-state index contributed by atoms with van der Waals surface area (Å²) in [5, 5.41) is 11.6. The summed E-state index contributed by atoms with van der Waals surface area (Å²) >= 11 is 5.76. The molecule has 0 aliphatic carbocycles. The van der Waals surface area contributed by atoms with Crippen LogP contribution >= 0.6 is 11.6 Å². The molecule has 0 aromatic heterocycles. The molecule has 180 valence electrons. The molecule has 2 aromatic carbocycles. The number of halogens is 5. The van der Waals surface area contributed by atoms with E-state index >= 15 is 0 Å². The van der Waals surface area contributed by atoms with Crippen LogP contribution in [0.4, 0.5) is 17.6 Å². The number of amides is 1. The van der Waals surface area contributed by atoms with Gasteiger partial charge in [-0.2, -0.15) is 17.5 Å². The van der Waals surface area contributed by atoms with Crippen molar-refractivity contribution in [3.63, 3.8) is 0 Å². The number of carbonyl (C=O) groups is 1. The Morgan fingerprint density at radius 3 is 2.24 bits per heavy atom. The first-order chi connectivity index (χ1) is 15.3. The molecule has 1 amide bonds. The van der Waals surface area contributed by atoms with Crippen molar-refractivity contribution in [3.8, 4) is 0 Å². The van der Waals surface area contributed by atoms with Gasteiger partial charge < -0.3 is 16.7 Å². The second-order valence-electron chi connectivity index (χ2n) is 6.87. The molecule has 0 spiro atoms. The highest BCUT2D eigenvalue weighted by atomic mass is 35.5. The quantitative estimate of drug-likeness (QED) is 0.156. The van der Waals surface area contributed by atoms with Crippen LogP contribution in [0.15, 0.2) is 52.5 Å². The zero-order valence-corrected chi connectivity index (χ0v) is 18.3. The summed E-state index contributed by atoms with van der Waals surface area (Å²) in [5.41, 5.74) is 10.3. The lowest BCUT2D eigenvalue weighted by Crippen LogP contribution is -2.48. The summed E-state index contributed by atoms with van der Waals surface area (Å²) in [5.74, 6) is -2.77. The number of oxime groups is 1. The van der Waals surface area contributed by atoms with Gasteiger partial charge in [0.05, 0.1) is 4.90 Å². The van der Waals surface area contributed by atoms with Crippen molar-refractivity contribution in [2.45, 2.75) is 36.5 Å². The summed E-state index contributed by atoms with van der Waals surface area (Å²) in [6, 6.07) is 5.84. The lowest BCUT2D eigenvalue weighted by Gasteiger charge is -2.29. The number of nitrogens with zero attached hydrogens (tertiary/aromatic N) is 2. The van der Waals surface area contributed by atoms with Gasteiger partial charge in [0.25, 0.3) is 0 Å². The lowest BCUT2D eigenvalue weighted by molar-refractivity contribution is -0.140. The largest absolute Gasteiger partial charge is 0.409 e. The molecule has 5 N–H and O–H groups in total. The van der Waals surface area contributed by atoms with Crippen molar-refractivity contribution in [2.75, 3.05) is 0 Å². The number of nitrogens with two attached hydrogens (primary N) is 2. The van der Waals surface area contributed by atoms with Crippen molar-refractivity contribution < 1.29 is 36.0 Å². The van der Waals surface area contributed by atoms with Crippen LogP contribution in [0.2, 0.25) is 5.02 Å². The number of primary amides is 1. The number of hydrogen-bond donors (Lipinski definition) is 3. The van der Waals surface area contributed by atoms with E-state index in [1.54, 1.807) is 0 Å². The van der Waals surface area contributed by atoms with Crippen LogP contribution in [0.25, 0.3) is 0 Å². The van der Waals surface area contributed by atoms with Gasteiger partial charge in [0.2, 0.25) is 15.9 Å². The van der Waals surface area contributed by atoms with Gasteiger partial charge in [0, 0.05) is 29.1 Å². The third-order valence-corrected chi connectivity index (χ3v) is 6.70. The number of amidine groups is 1. The van der Waals surface area contributed by atoms with Crippen molar-refractivity contribution >= 4 is 33.4 Å². The third-order valence-electron chi connectivity index (χ3n) is 4.58. The SMILES string of the molecule is NC(=O)[C@@H](CCC(F)(F)F)N(Cc1ccc(/C(N)=N/O)cc1F)S(=O)(=O)c1ccc(Cl)cc1. The van der Waals surface area contributed by atoms with E-state index in [1.807, 2.05) is 0 Å². The highest BCUT2D eigenvalue weighted by Gasteiger charge is 2.38. The number of alkyl halides is 3. The molecule has 33 heavy (non-hydrogen) atoms. The first kappa shape index (κ1) is 26.4. The average molecular weight is 511 g/mol. The summed E-state index contributed by atoms with van der Waals surface area (Å²) in [4.78, 5) is 11.6. The summed E-state index contributed by atoms with van der Waals surface area (Å²) in [7, 11) is -4.62. The van der Waals surface area contributed by atoms with Gasteiger partial charge in [-0.25, -0.2) is 12.8 Å². The van der Waals surface area contributed by atoms with Crippen LogP contribution in [0.3, 0.4) is 0 Å². The Kier molecular flexibility index (Phi) is 8.27. The Bertz CT molecular complexity index is 1140. The Morgan fingerprint density at radius 1 is 1.15 bits per heavy atom. The molecule has 0 saturated carbocycles. The normalized spacial score (nSPS) is 13.8. The average Bonchev–Trinajstić information content (AvgIpc) is 2.72. The van der Waals surface area contributed by atoms with E-state index in [9.17, 15) is 30.8 Å². The maximum absolute atomic E-state index is 14.7. The number of rotatable bonds is 9. The van der Waals surface area contributed by atoms with Crippen LogP contribution < -0.4 is 11.5 Å². The van der Waals surface area contributed by atoms with Crippen LogP contribution in [0.1, 0.15) is 24.0 Å². The van der Waals surface area contributed by atoms with Crippen LogP contribution in [-0.2, 0) is 21.4 Å². The van der Waals surface area contributed by atoms with E-state index in [-0.39, 0.29) is 21.0 Å². The van der Waals surface area contributed by atoms with Crippen LogP contribution in [0, 0.1) is 5.82 Å². The maximum Gasteiger partial charge on any atom is 0.389 e. The van der Waals surface area contributed by atoms with E-state index < -0.39 is 59.2 Å². The van der Waals surface area contributed by atoms with E-state index in [0.29, 0.717) is 4.31 Å². The van der Waals surface area contributed by atoms with Crippen molar-refractivity contribution in [1.29, 1.82) is 0 Å². The predicted octanol–water partition coefficient (Wildman–Crippen LogP) is 2.96. The van der Waals surface area contributed by atoms with E-state index in [1.165, 1.54) is 18.2 Å². The molecule has 0 saturated heterocycles. The van der Waals surface area contributed by atoms with E-state index in [2.05, 4.69) is 5.16 Å². The van der Waals surface area contributed by atoms with Crippen LogP contribution in [0.5, 0.6) is 0 Å². The molecule has 0 radical (unpaired) electrons. The van der Waals surface area contributed by atoms with Crippen molar-refractivity contribution in [2.24, 2.45) is 16.6 Å². The topological polar surface area (TPSA) is 139 Å². The third kappa shape index (κ3) is 6.79. The van der Waals surface area contributed by atoms with E-state index in [0.717, 1.165) is 24.3 Å². The fraction of sp³-hybridized carbons (Fsp3) is 0.263. The summed E-state index contributed by atoms with van der Waals surface area (Å²) in [6.07, 6.45) is -7.18. The maximum atomic E-state index is 14.7. The smallest absolute Gasteiger partial charge is 0.389 e. The number of carbonyl (C=O) groups excluding carboxylic acids is 1. The van der Waals surface area contributed by atoms with Gasteiger partial charge >= 0.3 is 6.18 Å². The fourth-order valence-corrected chi connectivity index (χ4v) is 4.62. The lowest BCUT2D eigenvalue weighted by atomic mass is 10.1. The molecule has 1 atom stereocenters. The van der Waals surface area contributed by atoms with Crippen molar-refractivity contribution in [1.82, 2.24) is 4.31 Å². The molecule has 0 unspecified atom stereocenters. The standard InChI is InChI=1S/C19H19ClF4N4O4S/c20-13-3-5-14(6-4-13)33(31,32)28(16(18(26)29)7-8-19(22,23)24)10-12-2-1-11(9-15(12)21)17(25)27-30/h1-6,9,16,30H,7-8,10H2,(H2,25,27)(H2,26,29)/t16-/m1/s1. The Balaban J connectivity index is 2.56. The van der Waals surface area contributed by atoms with Gasteiger partial charge in [-0.1, -0.05) is 28.9 Å². The monoisotopic (exact) mass is 510 g/mol. The summed E-state index contributed by atoms with van der Waals surface area (Å²) in [6.45, 7) is -0.821. The van der Waals surface area contributed by atoms with Gasteiger partial charge in [0.15, 0.2) is 5.84 Å². The fourth-order valence-electron chi connectivity index (χ4n) is 2.89. The Labute approximate surface area is 191 Å². The molecular formula is C19H19ClF4N4O4S. The molecule has 14 heteroatoms. The molecule has 2 aromatic rings. The number of sulfonamides is 1. The van der Waals surface area contributed by atoms with E-state index in [4.69, 9.17) is 28.3 Å². The van der Waals surface area contributed by atoms with Crippen molar-refractivity contribution in [3.05, 3.63) is 64.4 Å². The molecule has 0 fully saturated rings. The van der Waals surface area contributed by atoms with Crippen LogP contribution in [-0.4, -0.2) is 41.9 Å².